The van der Waals surface area contributed by atoms with Gasteiger partial charge in [0.05, 0.1) is 20.8 Å². The average molecular weight is 304 g/mol. The lowest BCUT2D eigenvalue weighted by Crippen LogP contribution is -2.28. The maximum atomic E-state index is 8.97. The molecule has 0 aliphatic heterocycles. The predicted molar refractivity (Wildman–Crippen MR) is 70.6 cm³/mol. The molecule has 0 heterocycles. The topological polar surface area (TPSA) is 50.7 Å². The normalized spacial score (nSPS) is 12.3. The van der Waals surface area contributed by atoms with Crippen molar-refractivity contribution in [2.45, 2.75) is 19.5 Å². The van der Waals surface area contributed by atoms with Crippen LogP contribution >= 0.6 is 15.9 Å². The Morgan fingerprint density at radius 1 is 1.35 bits per heavy atom. The van der Waals surface area contributed by atoms with E-state index >= 15 is 0 Å². The third-order valence-corrected chi connectivity index (χ3v) is 3.19. The molecular weight excluding hydrogens is 286 g/mol. The number of nitrogens with one attached hydrogen (secondary N) is 1. The van der Waals surface area contributed by atoms with Crippen molar-refractivity contribution in [2.24, 2.45) is 0 Å². The van der Waals surface area contributed by atoms with E-state index in [1.54, 1.807) is 14.2 Å². The van der Waals surface area contributed by atoms with Crippen molar-refractivity contribution in [3.05, 3.63) is 22.2 Å². The van der Waals surface area contributed by atoms with Gasteiger partial charge < -0.3 is 19.9 Å². The zero-order valence-corrected chi connectivity index (χ0v) is 11.9. The number of ether oxygens (including phenoxy) is 2. The van der Waals surface area contributed by atoms with Crippen LogP contribution in [-0.4, -0.2) is 32.0 Å². The van der Waals surface area contributed by atoms with E-state index in [1.807, 2.05) is 19.1 Å². The van der Waals surface area contributed by atoms with Crippen LogP contribution in [0.1, 0.15) is 12.5 Å². The molecule has 0 fully saturated rings. The summed E-state index contributed by atoms with van der Waals surface area (Å²) in [6, 6.07) is 3.78. The van der Waals surface area contributed by atoms with Gasteiger partial charge in [-0.05, 0) is 13.0 Å². The zero-order chi connectivity index (χ0) is 12.8. The minimum atomic E-state index is 0.0497. The first-order chi connectivity index (χ1) is 8.12. The van der Waals surface area contributed by atoms with Crippen LogP contribution in [0.3, 0.4) is 0 Å². The van der Waals surface area contributed by atoms with E-state index in [0.717, 1.165) is 21.5 Å². The van der Waals surface area contributed by atoms with Crippen LogP contribution in [0.4, 0.5) is 0 Å². The van der Waals surface area contributed by atoms with Crippen molar-refractivity contribution in [1.29, 1.82) is 0 Å². The Bertz CT molecular complexity index is 371. The average Bonchev–Trinajstić information content (AvgIpc) is 2.35. The summed E-state index contributed by atoms with van der Waals surface area (Å²) in [4.78, 5) is 0. The molecule has 0 aliphatic carbocycles. The van der Waals surface area contributed by atoms with Gasteiger partial charge in [-0.25, -0.2) is 0 Å². The van der Waals surface area contributed by atoms with E-state index < -0.39 is 0 Å². The third kappa shape index (κ3) is 3.87. The smallest absolute Gasteiger partial charge is 0.128 e. The molecule has 4 nitrogen and oxygen atoms in total. The Morgan fingerprint density at radius 3 is 2.59 bits per heavy atom. The second-order valence-electron chi connectivity index (χ2n) is 3.75. The summed E-state index contributed by atoms with van der Waals surface area (Å²) in [5, 5.41) is 12.2. The monoisotopic (exact) mass is 303 g/mol. The lowest BCUT2D eigenvalue weighted by Gasteiger charge is -2.15. The van der Waals surface area contributed by atoms with Crippen molar-refractivity contribution >= 4 is 15.9 Å². The molecule has 0 bridgehead atoms. The van der Waals surface area contributed by atoms with Gasteiger partial charge in [-0.1, -0.05) is 15.9 Å². The quantitative estimate of drug-likeness (QED) is 0.843. The van der Waals surface area contributed by atoms with Gasteiger partial charge in [-0.2, -0.15) is 0 Å². The minimum Gasteiger partial charge on any atom is -0.497 e. The Kier molecular flexibility index (Phi) is 5.74. The van der Waals surface area contributed by atoms with E-state index in [9.17, 15) is 0 Å². The van der Waals surface area contributed by atoms with Crippen molar-refractivity contribution in [1.82, 2.24) is 5.32 Å². The van der Waals surface area contributed by atoms with Crippen LogP contribution in [0, 0.1) is 0 Å². The van der Waals surface area contributed by atoms with Gasteiger partial charge in [-0.15, -0.1) is 0 Å². The maximum absolute atomic E-state index is 8.97. The Morgan fingerprint density at radius 2 is 2.06 bits per heavy atom. The van der Waals surface area contributed by atoms with E-state index in [4.69, 9.17) is 14.6 Å². The molecule has 1 aromatic rings. The SMILES string of the molecule is COc1cc(Br)c(CN[C@H](C)CO)c(OC)c1. The van der Waals surface area contributed by atoms with Crippen LogP contribution in [0.25, 0.3) is 0 Å². The molecule has 1 atom stereocenters. The fraction of sp³-hybridized carbons (Fsp3) is 0.500. The Balaban J connectivity index is 2.89. The Hall–Kier alpha value is -0.780. The van der Waals surface area contributed by atoms with Crippen molar-refractivity contribution in [3.63, 3.8) is 0 Å². The molecule has 96 valence electrons. The number of hydrogen-bond donors (Lipinski definition) is 2. The molecule has 0 aliphatic rings. The molecule has 0 amide bonds. The van der Waals surface area contributed by atoms with E-state index in [0.29, 0.717) is 6.54 Å². The number of aliphatic hydroxyl groups is 1. The molecule has 1 aromatic carbocycles. The molecule has 0 spiro atoms. The molecule has 0 aromatic heterocycles. The highest BCUT2D eigenvalue weighted by molar-refractivity contribution is 9.10. The van der Waals surface area contributed by atoms with Crippen molar-refractivity contribution in [2.75, 3.05) is 20.8 Å². The number of benzene rings is 1. The summed E-state index contributed by atoms with van der Waals surface area (Å²) in [7, 11) is 3.24. The second-order valence-corrected chi connectivity index (χ2v) is 4.61. The fourth-order valence-corrected chi connectivity index (χ4v) is 1.96. The largest absolute Gasteiger partial charge is 0.497 e. The van der Waals surface area contributed by atoms with Crippen LogP contribution in [-0.2, 0) is 6.54 Å². The lowest BCUT2D eigenvalue weighted by molar-refractivity contribution is 0.250. The summed E-state index contributed by atoms with van der Waals surface area (Å²) in [5.41, 5.74) is 1.01. The third-order valence-electron chi connectivity index (χ3n) is 2.48. The molecule has 0 saturated heterocycles. The highest BCUT2D eigenvalue weighted by Gasteiger charge is 2.11. The number of methoxy groups -OCH3 is 2. The highest BCUT2D eigenvalue weighted by atomic mass is 79.9. The van der Waals surface area contributed by atoms with E-state index in [1.165, 1.54) is 0 Å². The fourth-order valence-electron chi connectivity index (χ4n) is 1.40. The van der Waals surface area contributed by atoms with Crippen molar-refractivity contribution < 1.29 is 14.6 Å². The van der Waals surface area contributed by atoms with E-state index in [2.05, 4.69) is 21.2 Å². The summed E-state index contributed by atoms with van der Waals surface area (Å²) in [6.45, 7) is 2.65. The van der Waals surface area contributed by atoms with Gasteiger partial charge in [-0.3, -0.25) is 0 Å². The molecule has 0 saturated carbocycles. The first kappa shape index (κ1) is 14.3. The highest BCUT2D eigenvalue weighted by Crippen LogP contribution is 2.32. The summed E-state index contributed by atoms with van der Waals surface area (Å²) in [5.74, 6) is 1.50. The van der Waals surface area contributed by atoms with Gasteiger partial charge in [0, 0.05) is 28.7 Å². The number of aliphatic hydroxyl groups excluding tert-OH is 1. The first-order valence-corrected chi connectivity index (χ1v) is 6.16. The maximum Gasteiger partial charge on any atom is 0.128 e. The van der Waals surface area contributed by atoms with Gasteiger partial charge in [0.2, 0.25) is 0 Å². The summed E-state index contributed by atoms with van der Waals surface area (Å²) < 4.78 is 11.4. The number of hydrogen-bond acceptors (Lipinski definition) is 4. The molecule has 0 unspecified atom stereocenters. The summed E-state index contributed by atoms with van der Waals surface area (Å²) >= 11 is 3.49. The van der Waals surface area contributed by atoms with E-state index in [-0.39, 0.29) is 12.6 Å². The minimum absolute atomic E-state index is 0.0497. The molecule has 17 heavy (non-hydrogen) atoms. The molecule has 1 rings (SSSR count). The van der Waals surface area contributed by atoms with Gasteiger partial charge in [0.1, 0.15) is 11.5 Å². The van der Waals surface area contributed by atoms with Gasteiger partial charge >= 0.3 is 0 Å². The van der Waals surface area contributed by atoms with Gasteiger partial charge in [0.25, 0.3) is 0 Å². The van der Waals surface area contributed by atoms with Crippen LogP contribution < -0.4 is 14.8 Å². The predicted octanol–water partition coefficient (Wildman–Crippen LogP) is 1.94. The van der Waals surface area contributed by atoms with Crippen LogP contribution in [0.5, 0.6) is 11.5 Å². The number of halogens is 1. The van der Waals surface area contributed by atoms with Crippen LogP contribution in [0.2, 0.25) is 0 Å². The molecular formula is C12H18BrNO3. The first-order valence-electron chi connectivity index (χ1n) is 5.37. The molecule has 0 radical (unpaired) electrons. The second kappa shape index (κ2) is 6.83. The zero-order valence-electron chi connectivity index (χ0n) is 10.3. The standard InChI is InChI=1S/C12H18BrNO3/c1-8(7-15)14-6-10-11(13)4-9(16-2)5-12(10)17-3/h4-5,8,14-15H,6-7H2,1-3H3/t8-/m1/s1. The van der Waals surface area contributed by atoms with Gasteiger partial charge in [0.15, 0.2) is 0 Å². The lowest BCUT2D eigenvalue weighted by atomic mass is 10.1. The molecule has 5 heteroatoms. The molecule has 2 N–H and O–H groups in total. The van der Waals surface area contributed by atoms with Crippen molar-refractivity contribution in [3.8, 4) is 11.5 Å². The Labute approximate surface area is 110 Å². The van der Waals surface area contributed by atoms with Crippen LogP contribution in [0.15, 0.2) is 16.6 Å². The number of rotatable bonds is 6. The summed E-state index contributed by atoms with van der Waals surface area (Å²) in [6.07, 6.45) is 0.